The topological polar surface area (TPSA) is 52.9 Å². The number of benzene rings is 1. The summed E-state index contributed by atoms with van der Waals surface area (Å²) in [5.74, 6) is -0.171. The number of rotatable bonds is 2. The molecule has 5 heteroatoms. The summed E-state index contributed by atoms with van der Waals surface area (Å²) in [4.78, 5) is 12.0. The zero-order chi connectivity index (χ0) is 13.1. The molecule has 0 saturated heterocycles. The number of hydrogen-bond acceptors (Lipinski definition) is 3. The van der Waals surface area contributed by atoms with E-state index in [1.165, 1.54) is 11.3 Å². The molecule has 0 aliphatic carbocycles. The first-order valence-corrected chi connectivity index (χ1v) is 6.83. The van der Waals surface area contributed by atoms with Gasteiger partial charge in [-0.2, -0.15) is 5.26 Å². The minimum absolute atomic E-state index is 0.171. The van der Waals surface area contributed by atoms with Crippen LogP contribution in [0.1, 0.15) is 21.5 Å². The predicted octanol–water partition coefficient (Wildman–Crippen LogP) is 3.94. The van der Waals surface area contributed by atoms with E-state index < -0.39 is 0 Å². The van der Waals surface area contributed by atoms with Crippen LogP contribution in [-0.2, 0) is 0 Å². The van der Waals surface area contributed by atoms with Gasteiger partial charge in [0.25, 0.3) is 5.91 Å². The number of amides is 1. The van der Waals surface area contributed by atoms with Crippen LogP contribution in [0.25, 0.3) is 0 Å². The Kier molecular flexibility index (Phi) is 3.80. The van der Waals surface area contributed by atoms with Gasteiger partial charge < -0.3 is 5.32 Å². The standard InChI is InChI=1S/C13H9BrN2OS/c1-8-2-3-9(6-15)4-11(8)16-13(17)10-5-12(14)18-7-10/h2-5,7H,1H3,(H,16,17). The van der Waals surface area contributed by atoms with E-state index in [0.717, 1.165) is 9.35 Å². The molecule has 0 unspecified atom stereocenters. The third-order valence-corrected chi connectivity index (χ3v) is 3.95. The SMILES string of the molecule is Cc1ccc(C#N)cc1NC(=O)c1csc(Br)c1. The van der Waals surface area contributed by atoms with Crippen molar-refractivity contribution in [2.75, 3.05) is 5.32 Å². The fourth-order valence-electron chi connectivity index (χ4n) is 1.45. The molecule has 1 N–H and O–H groups in total. The van der Waals surface area contributed by atoms with Crippen LogP contribution in [0.2, 0.25) is 0 Å². The van der Waals surface area contributed by atoms with Gasteiger partial charge in [0.2, 0.25) is 0 Å². The van der Waals surface area contributed by atoms with Gasteiger partial charge in [0.05, 0.1) is 21.0 Å². The summed E-state index contributed by atoms with van der Waals surface area (Å²) in [6.07, 6.45) is 0. The average Bonchev–Trinajstić information content (AvgIpc) is 2.79. The first-order valence-electron chi connectivity index (χ1n) is 5.16. The van der Waals surface area contributed by atoms with Gasteiger partial charge in [-0.1, -0.05) is 6.07 Å². The van der Waals surface area contributed by atoms with Crippen molar-refractivity contribution in [2.45, 2.75) is 6.92 Å². The van der Waals surface area contributed by atoms with Gasteiger partial charge in [-0.05, 0) is 46.6 Å². The largest absolute Gasteiger partial charge is 0.322 e. The van der Waals surface area contributed by atoms with E-state index in [4.69, 9.17) is 5.26 Å². The molecule has 18 heavy (non-hydrogen) atoms. The van der Waals surface area contributed by atoms with Crippen LogP contribution in [-0.4, -0.2) is 5.91 Å². The first-order chi connectivity index (χ1) is 8.60. The van der Waals surface area contributed by atoms with Crippen LogP contribution >= 0.6 is 27.3 Å². The van der Waals surface area contributed by atoms with E-state index in [0.29, 0.717) is 16.8 Å². The number of carbonyl (C=O) groups excluding carboxylic acids is 1. The molecule has 90 valence electrons. The van der Waals surface area contributed by atoms with E-state index in [-0.39, 0.29) is 5.91 Å². The minimum atomic E-state index is -0.171. The molecule has 0 radical (unpaired) electrons. The molecule has 1 aromatic heterocycles. The van der Waals surface area contributed by atoms with Gasteiger partial charge in [0.1, 0.15) is 0 Å². The van der Waals surface area contributed by atoms with E-state index in [2.05, 4.69) is 27.3 Å². The second-order valence-electron chi connectivity index (χ2n) is 3.74. The molecular formula is C13H9BrN2OS. The van der Waals surface area contributed by atoms with E-state index in [1.54, 1.807) is 23.6 Å². The summed E-state index contributed by atoms with van der Waals surface area (Å²) >= 11 is 4.78. The molecular weight excluding hydrogens is 312 g/mol. The fraction of sp³-hybridized carbons (Fsp3) is 0.0769. The number of anilines is 1. The molecule has 0 aliphatic heterocycles. The van der Waals surface area contributed by atoms with Crippen molar-refractivity contribution in [2.24, 2.45) is 0 Å². The van der Waals surface area contributed by atoms with Crippen molar-refractivity contribution in [1.82, 2.24) is 0 Å². The second kappa shape index (κ2) is 5.34. The lowest BCUT2D eigenvalue weighted by Gasteiger charge is -2.07. The molecule has 1 amide bonds. The molecule has 2 rings (SSSR count). The highest BCUT2D eigenvalue weighted by Crippen LogP contribution is 2.22. The number of hydrogen-bond donors (Lipinski definition) is 1. The van der Waals surface area contributed by atoms with E-state index in [1.807, 2.05) is 13.0 Å². The van der Waals surface area contributed by atoms with E-state index >= 15 is 0 Å². The van der Waals surface area contributed by atoms with Gasteiger partial charge in [-0.25, -0.2) is 0 Å². The lowest BCUT2D eigenvalue weighted by atomic mass is 10.1. The fourth-order valence-corrected chi connectivity index (χ4v) is 2.59. The Labute approximate surface area is 117 Å². The number of nitrogens with one attached hydrogen (secondary N) is 1. The molecule has 0 aliphatic rings. The smallest absolute Gasteiger partial charge is 0.256 e. The predicted molar refractivity (Wildman–Crippen MR) is 75.9 cm³/mol. The summed E-state index contributed by atoms with van der Waals surface area (Å²) in [6.45, 7) is 1.89. The second-order valence-corrected chi connectivity index (χ2v) is 6.03. The van der Waals surface area contributed by atoms with Crippen molar-refractivity contribution >= 4 is 38.9 Å². The third-order valence-electron chi connectivity index (χ3n) is 2.44. The van der Waals surface area contributed by atoms with Crippen molar-refractivity contribution in [1.29, 1.82) is 5.26 Å². The molecule has 0 atom stereocenters. The van der Waals surface area contributed by atoms with Crippen molar-refractivity contribution in [3.8, 4) is 6.07 Å². The van der Waals surface area contributed by atoms with Crippen LogP contribution in [0.5, 0.6) is 0 Å². The summed E-state index contributed by atoms with van der Waals surface area (Å²) in [6, 6.07) is 9.04. The molecule has 3 nitrogen and oxygen atoms in total. The van der Waals surface area contributed by atoms with E-state index in [9.17, 15) is 4.79 Å². The van der Waals surface area contributed by atoms with Gasteiger partial charge >= 0.3 is 0 Å². The molecule has 1 aromatic carbocycles. The zero-order valence-corrected chi connectivity index (χ0v) is 11.9. The third kappa shape index (κ3) is 2.78. The highest BCUT2D eigenvalue weighted by molar-refractivity contribution is 9.11. The number of nitrogens with zero attached hydrogens (tertiary/aromatic N) is 1. The lowest BCUT2D eigenvalue weighted by Crippen LogP contribution is -2.11. The van der Waals surface area contributed by atoms with Gasteiger partial charge in [0, 0.05) is 11.1 Å². The summed E-state index contributed by atoms with van der Waals surface area (Å²) in [7, 11) is 0. The Morgan fingerprint density at radius 2 is 2.22 bits per heavy atom. The van der Waals surface area contributed by atoms with Crippen molar-refractivity contribution < 1.29 is 4.79 Å². The Bertz CT molecular complexity index is 643. The van der Waals surface area contributed by atoms with Gasteiger partial charge in [0.15, 0.2) is 0 Å². The quantitative estimate of drug-likeness (QED) is 0.911. The van der Waals surface area contributed by atoms with Crippen molar-refractivity contribution in [3.63, 3.8) is 0 Å². The van der Waals surface area contributed by atoms with Crippen LogP contribution in [0.4, 0.5) is 5.69 Å². The summed E-state index contributed by atoms with van der Waals surface area (Å²) < 4.78 is 0.912. The molecule has 0 spiro atoms. The number of aryl methyl sites for hydroxylation is 1. The first kappa shape index (κ1) is 12.8. The monoisotopic (exact) mass is 320 g/mol. The molecule has 0 bridgehead atoms. The molecule has 0 saturated carbocycles. The molecule has 0 fully saturated rings. The van der Waals surface area contributed by atoms with Gasteiger partial charge in [-0.3, -0.25) is 4.79 Å². The number of carbonyl (C=O) groups is 1. The Morgan fingerprint density at radius 3 is 2.83 bits per heavy atom. The van der Waals surface area contributed by atoms with Crippen LogP contribution in [0, 0.1) is 18.3 Å². The zero-order valence-electron chi connectivity index (χ0n) is 9.53. The summed E-state index contributed by atoms with van der Waals surface area (Å²) in [5, 5.41) is 13.4. The Balaban J connectivity index is 2.24. The van der Waals surface area contributed by atoms with Crippen LogP contribution in [0.3, 0.4) is 0 Å². The maximum absolute atomic E-state index is 12.0. The summed E-state index contributed by atoms with van der Waals surface area (Å²) in [5.41, 5.74) is 2.73. The molecule has 2 aromatic rings. The normalized spacial score (nSPS) is 9.83. The highest BCUT2D eigenvalue weighted by Gasteiger charge is 2.10. The number of nitriles is 1. The average molecular weight is 321 g/mol. The number of thiophene rings is 1. The lowest BCUT2D eigenvalue weighted by molar-refractivity contribution is 0.102. The minimum Gasteiger partial charge on any atom is -0.322 e. The molecule has 1 heterocycles. The van der Waals surface area contributed by atoms with Crippen LogP contribution in [0.15, 0.2) is 33.4 Å². The van der Waals surface area contributed by atoms with Crippen molar-refractivity contribution in [3.05, 3.63) is 50.1 Å². The maximum atomic E-state index is 12.0. The van der Waals surface area contributed by atoms with Gasteiger partial charge in [-0.15, -0.1) is 11.3 Å². The number of halogens is 1. The maximum Gasteiger partial charge on any atom is 0.256 e. The Morgan fingerprint density at radius 1 is 1.44 bits per heavy atom. The highest BCUT2D eigenvalue weighted by atomic mass is 79.9. The Hall–Kier alpha value is -1.64. The van der Waals surface area contributed by atoms with Crippen LogP contribution < -0.4 is 5.32 Å².